The molecule has 1 aliphatic rings. The lowest BCUT2D eigenvalue weighted by molar-refractivity contribution is -0.117. The van der Waals surface area contributed by atoms with E-state index in [1.165, 1.54) is 29.4 Å². The number of halogens is 3. The maximum atomic E-state index is 15.3. The van der Waals surface area contributed by atoms with Gasteiger partial charge in [-0.15, -0.1) is 0 Å². The zero-order valence-electron chi connectivity index (χ0n) is 18.0. The topological polar surface area (TPSA) is 88.8 Å². The fourth-order valence-electron chi connectivity index (χ4n) is 3.92. The second-order valence-electron chi connectivity index (χ2n) is 7.72. The van der Waals surface area contributed by atoms with Gasteiger partial charge in [0, 0.05) is 37.6 Å². The predicted molar refractivity (Wildman–Crippen MR) is 123 cm³/mol. The van der Waals surface area contributed by atoms with Crippen molar-refractivity contribution in [2.24, 2.45) is 7.05 Å². The molecule has 8 nitrogen and oxygen atoms in total. The minimum Gasteiger partial charge on any atom is -0.309 e. The molecule has 1 aliphatic heterocycles. The van der Waals surface area contributed by atoms with E-state index in [1.807, 2.05) is 0 Å². The zero-order chi connectivity index (χ0) is 23.8. The normalized spacial score (nSPS) is 12.6. The van der Waals surface area contributed by atoms with Crippen molar-refractivity contribution in [3.63, 3.8) is 0 Å². The Balaban J connectivity index is 1.45. The number of benzene rings is 1. The molecule has 34 heavy (non-hydrogen) atoms. The van der Waals surface area contributed by atoms with E-state index < -0.39 is 11.6 Å². The van der Waals surface area contributed by atoms with Gasteiger partial charge in [0.2, 0.25) is 11.9 Å². The van der Waals surface area contributed by atoms with Crippen LogP contribution in [0.4, 0.5) is 26.2 Å². The molecule has 172 valence electrons. The number of aryl methyl sites for hydroxylation is 1. The molecule has 1 amide bonds. The number of pyridine rings is 1. The number of aromatic nitrogens is 5. The van der Waals surface area contributed by atoms with Crippen LogP contribution in [-0.4, -0.2) is 37.2 Å². The Morgan fingerprint density at radius 3 is 2.76 bits per heavy atom. The van der Waals surface area contributed by atoms with Gasteiger partial charge in [0.25, 0.3) is 0 Å². The summed E-state index contributed by atoms with van der Waals surface area (Å²) in [6.07, 6.45) is 4.90. The first kappa shape index (κ1) is 21.9. The van der Waals surface area contributed by atoms with Gasteiger partial charge in [0.1, 0.15) is 11.0 Å². The van der Waals surface area contributed by atoms with Gasteiger partial charge in [0.15, 0.2) is 11.6 Å². The summed E-state index contributed by atoms with van der Waals surface area (Å²) < 4.78 is 32.1. The Kier molecular flexibility index (Phi) is 5.66. The van der Waals surface area contributed by atoms with Gasteiger partial charge in [-0.2, -0.15) is 5.10 Å². The number of carbonyl (C=O) groups is 1. The summed E-state index contributed by atoms with van der Waals surface area (Å²) >= 11 is 6.05. The van der Waals surface area contributed by atoms with Crippen LogP contribution in [0.1, 0.15) is 11.1 Å². The molecule has 0 saturated heterocycles. The van der Waals surface area contributed by atoms with E-state index in [-0.39, 0.29) is 46.9 Å². The quantitative estimate of drug-likeness (QED) is 0.432. The van der Waals surface area contributed by atoms with Crippen molar-refractivity contribution in [2.75, 3.05) is 16.8 Å². The van der Waals surface area contributed by atoms with Crippen LogP contribution in [0.5, 0.6) is 0 Å². The average Bonchev–Trinajstić information content (AvgIpc) is 3.44. The maximum Gasteiger partial charge on any atom is 0.231 e. The van der Waals surface area contributed by atoms with Crippen LogP contribution in [-0.2, 0) is 24.7 Å². The molecule has 3 aromatic heterocycles. The number of hydrogen-bond acceptors (Lipinski definition) is 6. The Hall–Kier alpha value is -3.92. The molecule has 1 aromatic carbocycles. The molecule has 0 fully saturated rings. The summed E-state index contributed by atoms with van der Waals surface area (Å²) in [5.74, 6) is -1.70. The lowest BCUT2D eigenvalue weighted by Crippen LogP contribution is -2.31. The Bertz CT molecular complexity index is 1410. The third-order valence-corrected chi connectivity index (χ3v) is 5.95. The molecular weight excluding hydrogens is 464 g/mol. The molecule has 0 saturated carbocycles. The predicted octanol–water partition coefficient (Wildman–Crippen LogP) is 4.08. The number of nitrogens with zero attached hydrogens (tertiary/aromatic N) is 6. The van der Waals surface area contributed by atoms with Gasteiger partial charge < -0.3 is 10.2 Å². The van der Waals surface area contributed by atoms with E-state index in [1.54, 1.807) is 36.1 Å². The third-order valence-electron chi connectivity index (χ3n) is 5.61. The van der Waals surface area contributed by atoms with Crippen molar-refractivity contribution >= 4 is 35.0 Å². The summed E-state index contributed by atoms with van der Waals surface area (Å²) in [6.45, 7) is 0.239. The highest BCUT2D eigenvalue weighted by atomic mass is 35.5. The Morgan fingerprint density at radius 2 is 2.00 bits per heavy atom. The SMILES string of the molecule is Cn1nccc1Nc1nccc(-c2cc3c(c(F)c2F)N(C(=O)Cc2cccnc2Cl)CC3)n1. The molecule has 5 rings (SSSR count). The first-order valence-electron chi connectivity index (χ1n) is 10.4. The molecule has 0 aliphatic carbocycles. The van der Waals surface area contributed by atoms with Crippen LogP contribution in [0.25, 0.3) is 11.3 Å². The molecule has 4 aromatic rings. The molecule has 0 unspecified atom stereocenters. The third kappa shape index (κ3) is 3.96. The number of rotatable bonds is 5. The summed E-state index contributed by atoms with van der Waals surface area (Å²) in [6, 6.07) is 8.11. The molecule has 4 heterocycles. The number of amides is 1. The summed E-state index contributed by atoms with van der Waals surface area (Å²) in [4.78, 5) is 26.6. The van der Waals surface area contributed by atoms with Gasteiger partial charge >= 0.3 is 0 Å². The van der Waals surface area contributed by atoms with E-state index in [2.05, 4.69) is 25.4 Å². The van der Waals surface area contributed by atoms with Crippen LogP contribution < -0.4 is 10.2 Å². The monoisotopic (exact) mass is 481 g/mol. The molecule has 0 atom stereocenters. The Labute approximate surface area is 198 Å². The standard InChI is InChI=1S/C23H18ClF2N7O/c1-32-17(5-9-29-32)31-23-28-8-4-16(30-23)15-11-13-6-10-33(21(13)20(26)19(15)25)18(34)12-14-3-2-7-27-22(14)24/h2-5,7-9,11H,6,10,12H2,1H3,(H,28,30,31). The van der Waals surface area contributed by atoms with Crippen molar-refractivity contribution in [1.82, 2.24) is 24.7 Å². The van der Waals surface area contributed by atoms with Gasteiger partial charge in [-0.05, 0) is 35.7 Å². The highest BCUT2D eigenvalue weighted by Crippen LogP contribution is 2.38. The van der Waals surface area contributed by atoms with Crippen molar-refractivity contribution in [3.05, 3.63) is 76.8 Å². The molecule has 0 bridgehead atoms. The number of carbonyl (C=O) groups excluding carboxylic acids is 1. The minimum absolute atomic E-state index is 0.00342. The first-order valence-corrected chi connectivity index (χ1v) is 10.8. The molecule has 0 radical (unpaired) electrons. The minimum atomic E-state index is -1.09. The second-order valence-corrected chi connectivity index (χ2v) is 8.07. The van der Waals surface area contributed by atoms with Gasteiger partial charge in [0.05, 0.1) is 24.0 Å². The average molecular weight is 482 g/mol. The van der Waals surface area contributed by atoms with Crippen molar-refractivity contribution < 1.29 is 13.6 Å². The van der Waals surface area contributed by atoms with E-state index in [0.29, 0.717) is 23.4 Å². The molecular formula is C23H18ClF2N7O. The lowest BCUT2D eigenvalue weighted by Gasteiger charge is -2.19. The molecule has 11 heteroatoms. The van der Waals surface area contributed by atoms with Crippen LogP contribution >= 0.6 is 11.6 Å². The maximum absolute atomic E-state index is 15.3. The van der Waals surface area contributed by atoms with Crippen molar-refractivity contribution in [3.8, 4) is 11.3 Å². The summed E-state index contributed by atoms with van der Waals surface area (Å²) in [7, 11) is 1.75. The Morgan fingerprint density at radius 1 is 1.15 bits per heavy atom. The first-order chi connectivity index (χ1) is 16.4. The highest BCUT2D eigenvalue weighted by Gasteiger charge is 2.32. The van der Waals surface area contributed by atoms with E-state index in [0.717, 1.165) is 0 Å². The number of anilines is 3. The van der Waals surface area contributed by atoms with E-state index in [4.69, 9.17) is 11.6 Å². The fraction of sp³-hybridized carbons (Fsp3) is 0.174. The smallest absolute Gasteiger partial charge is 0.231 e. The lowest BCUT2D eigenvalue weighted by atomic mass is 10.0. The summed E-state index contributed by atoms with van der Waals surface area (Å²) in [5, 5.41) is 7.25. The van der Waals surface area contributed by atoms with Crippen LogP contribution in [0.3, 0.4) is 0 Å². The molecule has 1 N–H and O–H groups in total. The van der Waals surface area contributed by atoms with E-state index in [9.17, 15) is 4.79 Å². The van der Waals surface area contributed by atoms with Gasteiger partial charge in [-0.25, -0.2) is 23.7 Å². The fourth-order valence-corrected chi connectivity index (χ4v) is 4.11. The largest absolute Gasteiger partial charge is 0.309 e. The van der Waals surface area contributed by atoms with Crippen LogP contribution in [0, 0.1) is 11.6 Å². The van der Waals surface area contributed by atoms with Crippen molar-refractivity contribution in [2.45, 2.75) is 12.8 Å². The second kappa shape index (κ2) is 8.79. The number of fused-ring (bicyclic) bond motifs is 1. The van der Waals surface area contributed by atoms with Crippen molar-refractivity contribution in [1.29, 1.82) is 0 Å². The van der Waals surface area contributed by atoms with Gasteiger partial charge in [-0.1, -0.05) is 17.7 Å². The van der Waals surface area contributed by atoms with Crippen LogP contribution in [0.15, 0.2) is 48.9 Å². The van der Waals surface area contributed by atoms with Gasteiger partial charge in [-0.3, -0.25) is 9.48 Å². The number of hydrogen-bond donors (Lipinski definition) is 1. The zero-order valence-corrected chi connectivity index (χ0v) is 18.7. The van der Waals surface area contributed by atoms with Crippen LogP contribution in [0.2, 0.25) is 5.15 Å². The highest BCUT2D eigenvalue weighted by molar-refractivity contribution is 6.30. The molecule has 0 spiro atoms. The number of nitrogens with one attached hydrogen (secondary N) is 1. The summed E-state index contributed by atoms with van der Waals surface area (Å²) in [5.41, 5.74) is 1.21. The van der Waals surface area contributed by atoms with E-state index >= 15 is 8.78 Å².